The summed E-state index contributed by atoms with van der Waals surface area (Å²) in [4.78, 5) is 12.2. The maximum absolute atomic E-state index is 13.5. The molecule has 0 spiro atoms. The Hall–Kier alpha value is -3.04. The molecule has 1 aromatic heterocycles. The Morgan fingerprint density at radius 2 is 1.91 bits per heavy atom. The van der Waals surface area contributed by atoms with E-state index in [9.17, 15) is 9.18 Å². The summed E-state index contributed by atoms with van der Waals surface area (Å²) in [6.45, 7) is 0.303. The Kier molecular flexibility index (Phi) is 6.97. The number of ether oxygens (including phenoxy) is 2. The molecule has 1 aliphatic heterocycles. The first-order chi connectivity index (χ1) is 16.9. The molecule has 0 bridgehead atoms. The minimum atomic E-state index is -0.590. The zero-order valence-electron chi connectivity index (χ0n) is 18.6. The predicted octanol–water partition coefficient (Wildman–Crippen LogP) is 5.28. The number of carbonyl (C=O) groups is 1. The second kappa shape index (κ2) is 10.3. The summed E-state index contributed by atoms with van der Waals surface area (Å²) < 4.78 is 30.8. The summed E-state index contributed by atoms with van der Waals surface area (Å²) in [5, 5.41) is 15.4. The van der Waals surface area contributed by atoms with Gasteiger partial charge in [0.05, 0.1) is 17.3 Å². The zero-order chi connectivity index (χ0) is 24.4. The van der Waals surface area contributed by atoms with E-state index in [1.165, 1.54) is 12.1 Å². The molecule has 1 unspecified atom stereocenters. The molecule has 1 fully saturated rings. The Morgan fingerprint density at radius 1 is 1.11 bits per heavy atom. The highest BCUT2D eigenvalue weighted by atomic mass is 35.5. The van der Waals surface area contributed by atoms with E-state index < -0.39 is 5.82 Å². The van der Waals surface area contributed by atoms with E-state index in [0.717, 1.165) is 37.4 Å². The van der Waals surface area contributed by atoms with Crippen LogP contribution in [0.25, 0.3) is 0 Å². The monoisotopic (exact) mass is 520 g/mol. The number of rotatable bonds is 6. The van der Waals surface area contributed by atoms with Crippen molar-refractivity contribution in [2.24, 2.45) is 0 Å². The lowest BCUT2D eigenvalue weighted by Crippen LogP contribution is -2.39. The Bertz CT molecular complexity index is 1220. The van der Waals surface area contributed by atoms with E-state index in [-0.39, 0.29) is 41.3 Å². The number of nitrogens with one attached hydrogen (secondary N) is 2. The first kappa shape index (κ1) is 23.7. The first-order valence-corrected chi connectivity index (χ1v) is 12.1. The van der Waals surface area contributed by atoms with Crippen LogP contribution < -0.4 is 20.1 Å². The van der Waals surface area contributed by atoms with Crippen LogP contribution in [-0.2, 0) is 4.79 Å². The van der Waals surface area contributed by atoms with Gasteiger partial charge in [0.2, 0.25) is 5.89 Å². The summed E-state index contributed by atoms with van der Waals surface area (Å²) in [6, 6.07) is 9.48. The molecule has 1 aliphatic carbocycles. The smallest absolute Gasteiger partial charge is 0.258 e. The third kappa shape index (κ3) is 5.62. The van der Waals surface area contributed by atoms with Gasteiger partial charge >= 0.3 is 0 Å². The average Bonchev–Trinajstić information content (AvgIpc) is 3.35. The largest absolute Gasteiger partial charge is 0.484 e. The van der Waals surface area contributed by atoms with E-state index in [4.69, 9.17) is 37.1 Å². The number of fused-ring (bicyclic) bond motifs is 1. The molecule has 3 aromatic rings. The maximum Gasteiger partial charge on any atom is 0.258 e. The van der Waals surface area contributed by atoms with Gasteiger partial charge in [0, 0.05) is 23.0 Å². The number of anilines is 1. The molecule has 2 aromatic carbocycles. The van der Waals surface area contributed by atoms with Gasteiger partial charge in [0.1, 0.15) is 17.3 Å². The van der Waals surface area contributed by atoms with E-state index in [2.05, 4.69) is 20.8 Å². The highest BCUT2D eigenvalue weighted by Crippen LogP contribution is 2.37. The fourth-order valence-corrected chi connectivity index (χ4v) is 4.58. The minimum absolute atomic E-state index is 0.00514. The summed E-state index contributed by atoms with van der Waals surface area (Å²) in [5.74, 6) is 1.23. The molecule has 2 N–H and O–H groups in total. The van der Waals surface area contributed by atoms with Gasteiger partial charge in [-0.1, -0.05) is 23.2 Å². The van der Waals surface area contributed by atoms with Gasteiger partial charge in [-0.3, -0.25) is 4.79 Å². The standard InChI is InChI=1S/C24H23Cl2FN4O4/c25-14-3-8-20-19(9-14)28-11-21(34-20)24-31-30-23(35-24)13-1-4-15(5-2-13)29-22(32)12-33-16-6-7-17(26)18(27)10-16/h3,6-10,13,15,21,28H,1-2,4-5,11-12H2,(H,29,32)/t13-,15-,21?. The number of halogens is 3. The normalized spacial score (nSPS) is 21.4. The lowest BCUT2D eigenvalue weighted by molar-refractivity contribution is -0.124. The van der Waals surface area contributed by atoms with Gasteiger partial charge < -0.3 is 24.5 Å². The summed E-state index contributed by atoms with van der Waals surface area (Å²) in [6.07, 6.45) is 2.79. The minimum Gasteiger partial charge on any atom is -0.484 e. The first-order valence-electron chi connectivity index (χ1n) is 11.3. The topological polar surface area (TPSA) is 98.5 Å². The molecule has 2 aliphatic rings. The van der Waals surface area contributed by atoms with Crippen LogP contribution in [0.15, 0.2) is 40.8 Å². The van der Waals surface area contributed by atoms with Crippen LogP contribution in [0.4, 0.5) is 10.1 Å². The zero-order valence-corrected chi connectivity index (χ0v) is 20.1. The molecule has 0 radical (unpaired) electrons. The third-order valence-electron chi connectivity index (χ3n) is 6.12. The quantitative estimate of drug-likeness (QED) is 0.455. The van der Waals surface area contributed by atoms with Gasteiger partial charge in [-0.05, 0) is 56.0 Å². The van der Waals surface area contributed by atoms with Gasteiger partial charge in [-0.2, -0.15) is 0 Å². The molecular formula is C24H23Cl2FN4O4. The van der Waals surface area contributed by atoms with Crippen LogP contribution in [-0.4, -0.2) is 35.3 Å². The van der Waals surface area contributed by atoms with Crippen molar-refractivity contribution in [3.63, 3.8) is 0 Å². The number of nitrogens with zero attached hydrogens (tertiary/aromatic N) is 2. The molecule has 1 amide bonds. The van der Waals surface area contributed by atoms with Crippen molar-refractivity contribution < 1.29 is 23.1 Å². The van der Waals surface area contributed by atoms with Crippen molar-refractivity contribution in [2.75, 3.05) is 18.5 Å². The summed E-state index contributed by atoms with van der Waals surface area (Å²) in [7, 11) is 0. The lowest BCUT2D eigenvalue weighted by Gasteiger charge is -2.27. The fraction of sp³-hybridized carbons (Fsp3) is 0.375. The molecule has 184 valence electrons. The van der Waals surface area contributed by atoms with Crippen LogP contribution in [0, 0.1) is 5.82 Å². The second-order valence-corrected chi connectivity index (χ2v) is 9.43. The number of hydrogen-bond donors (Lipinski definition) is 2. The molecule has 2 heterocycles. The Morgan fingerprint density at radius 3 is 2.71 bits per heavy atom. The second-order valence-electron chi connectivity index (χ2n) is 8.59. The number of amides is 1. The number of hydrogen-bond acceptors (Lipinski definition) is 7. The Balaban J connectivity index is 1.09. The van der Waals surface area contributed by atoms with Gasteiger partial charge in [0.25, 0.3) is 11.8 Å². The maximum atomic E-state index is 13.5. The van der Waals surface area contributed by atoms with Crippen LogP contribution >= 0.6 is 23.2 Å². The average molecular weight is 521 g/mol. The summed E-state index contributed by atoms with van der Waals surface area (Å²) in [5.41, 5.74) is 0.833. The van der Waals surface area contributed by atoms with Gasteiger partial charge in [0.15, 0.2) is 12.7 Å². The lowest BCUT2D eigenvalue weighted by atomic mass is 9.86. The molecule has 11 heteroatoms. The van der Waals surface area contributed by atoms with Crippen molar-refractivity contribution in [2.45, 2.75) is 43.7 Å². The number of aromatic nitrogens is 2. The number of carbonyl (C=O) groups excluding carboxylic acids is 1. The molecule has 35 heavy (non-hydrogen) atoms. The van der Waals surface area contributed by atoms with Gasteiger partial charge in [-0.15, -0.1) is 10.2 Å². The van der Waals surface area contributed by atoms with Gasteiger partial charge in [-0.25, -0.2) is 4.39 Å². The predicted molar refractivity (Wildman–Crippen MR) is 128 cm³/mol. The highest BCUT2D eigenvalue weighted by molar-refractivity contribution is 6.31. The third-order valence-corrected chi connectivity index (χ3v) is 6.66. The van der Waals surface area contributed by atoms with Crippen molar-refractivity contribution in [3.8, 4) is 11.5 Å². The van der Waals surface area contributed by atoms with E-state index in [1.807, 2.05) is 12.1 Å². The molecule has 1 atom stereocenters. The number of benzene rings is 2. The SMILES string of the molecule is O=C(COc1ccc(Cl)c(F)c1)N[C@H]1CC[C@H](c2nnc(C3CNc4cc(Cl)ccc4O3)o2)CC1. The van der Waals surface area contributed by atoms with E-state index >= 15 is 0 Å². The van der Waals surface area contributed by atoms with Crippen LogP contribution in [0.5, 0.6) is 11.5 Å². The van der Waals surface area contributed by atoms with Crippen molar-refractivity contribution >= 4 is 34.8 Å². The van der Waals surface area contributed by atoms with Crippen molar-refractivity contribution in [3.05, 3.63) is 64.0 Å². The van der Waals surface area contributed by atoms with Crippen molar-refractivity contribution in [1.82, 2.24) is 15.5 Å². The fourth-order valence-electron chi connectivity index (χ4n) is 4.29. The van der Waals surface area contributed by atoms with Crippen molar-refractivity contribution in [1.29, 1.82) is 0 Å². The van der Waals surface area contributed by atoms with E-state index in [0.29, 0.717) is 29.1 Å². The molecule has 0 saturated heterocycles. The molecular weight excluding hydrogens is 498 g/mol. The van der Waals surface area contributed by atoms with Crippen LogP contribution in [0.1, 0.15) is 49.5 Å². The summed E-state index contributed by atoms with van der Waals surface area (Å²) >= 11 is 11.7. The molecule has 5 rings (SSSR count). The van der Waals surface area contributed by atoms with Crippen LogP contribution in [0.3, 0.4) is 0 Å². The molecule has 8 nitrogen and oxygen atoms in total. The highest BCUT2D eigenvalue weighted by Gasteiger charge is 2.30. The van der Waals surface area contributed by atoms with Crippen LogP contribution in [0.2, 0.25) is 10.0 Å². The Labute approximate surface area is 211 Å². The molecule has 1 saturated carbocycles. The van der Waals surface area contributed by atoms with E-state index in [1.54, 1.807) is 6.07 Å².